The molecule has 0 aromatic carbocycles. The van der Waals surface area contributed by atoms with Crippen molar-refractivity contribution >= 4 is 28.6 Å². The van der Waals surface area contributed by atoms with Crippen LogP contribution in [0.15, 0.2) is 12.5 Å². The van der Waals surface area contributed by atoms with Crippen LogP contribution in [0.3, 0.4) is 0 Å². The summed E-state index contributed by atoms with van der Waals surface area (Å²) in [7, 11) is 5.38. The first-order valence-electron chi connectivity index (χ1n) is 8.34. The van der Waals surface area contributed by atoms with E-state index in [4.69, 9.17) is 14.7 Å². The Morgan fingerprint density at radius 2 is 2.12 bits per heavy atom. The Morgan fingerprint density at radius 1 is 1.28 bits per heavy atom. The number of nitrogens with zero attached hydrogens (tertiary/aromatic N) is 7. The van der Waals surface area contributed by atoms with E-state index in [0.29, 0.717) is 17.6 Å². The van der Waals surface area contributed by atoms with Crippen LogP contribution in [0.2, 0.25) is 0 Å². The molecule has 1 saturated heterocycles. The van der Waals surface area contributed by atoms with Crippen molar-refractivity contribution in [3.8, 4) is 5.88 Å². The topological polar surface area (TPSA) is 85.9 Å². The lowest BCUT2D eigenvalue weighted by Gasteiger charge is -2.17. The summed E-state index contributed by atoms with van der Waals surface area (Å²) < 4.78 is 8.93. The van der Waals surface area contributed by atoms with Crippen molar-refractivity contribution in [1.29, 1.82) is 0 Å². The lowest BCUT2D eigenvalue weighted by molar-refractivity contribution is 0.393. The van der Waals surface area contributed by atoms with E-state index in [9.17, 15) is 0 Å². The molecule has 1 N–H and O–H groups in total. The molecule has 4 heterocycles. The molecule has 4 rings (SSSR count). The van der Waals surface area contributed by atoms with Crippen molar-refractivity contribution in [1.82, 2.24) is 29.3 Å². The fourth-order valence-electron chi connectivity index (χ4n) is 3.17. The highest BCUT2D eigenvalue weighted by Crippen LogP contribution is 2.30. The van der Waals surface area contributed by atoms with E-state index in [1.807, 2.05) is 24.9 Å². The number of hydrogen-bond acceptors (Lipinski definition) is 7. The highest BCUT2D eigenvalue weighted by atomic mass is 16.5. The zero-order valence-electron chi connectivity index (χ0n) is 14.9. The summed E-state index contributed by atoms with van der Waals surface area (Å²) in [4.78, 5) is 16.1. The van der Waals surface area contributed by atoms with Crippen molar-refractivity contribution in [3.05, 3.63) is 12.5 Å². The van der Waals surface area contributed by atoms with Gasteiger partial charge in [0.15, 0.2) is 17.0 Å². The van der Waals surface area contributed by atoms with Crippen LogP contribution in [0.1, 0.15) is 13.3 Å². The largest absolute Gasteiger partial charge is 0.478 e. The quantitative estimate of drug-likeness (QED) is 0.772. The van der Waals surface area contributed by atoms with E-state index < -0.39 is 0 Å². The van der Waals surface area contributed by atoms with Crippen LogP contribution >= 0.6 is 0 Å². The van der Waals surface area contributed by atoms with Gasteiger partial charge in [-0.25, -0.2) is 4.98 Å². The van der Waals surface area contributed by atoms with Crippen LogP contribution in [-0.2, 0) is 14.1 Å². The van der Waals surface area contributed by atoms with Gasteiger partial charge in [-0.2, -0.15) is 9.97 Å². The molecule has 1 atom stereocenters. The molecule has 0 aliphatic carbocycles. The first-order valence-corrected chi connectivity index (χ1v) is 8.34. The molecular weight excluding hydrogens is 320 g/mol. The number of nitrogens with one attached hydrogen (secondary N) is 1. The minimum absolute atomic E-state index is 0.515. The van der Waals surface area contributed by atoms with Gasteiger partial charge in [0.1, 0.15) is 5.69 Å². The molecule has 25 heavy (non-hydrogen) atoms. The SMILES string of the molecule is COc1nn(C)cc1Nc1nc(N2CCC(C)C2)nc2c1ncn2C. The molecule has 0 spiro atoms. The van der Waals surface area contributed by atoms with Gasteiger partial charge in [-0.05, 0) is 12.3 Å². The summed E-state index contributed by atoms with van der Waals surface area (Å²) in [6.07, 6.45) is 4.76. The average Bonchev–Trinajstić information content (AvgIpc) is 3.27. The minimum atomic E-state index is 0.515. The Morgan fingerprint density at radius 3 is 2.84 bits per heavy atom. The highest BCUT2D eigenvalue weighted by molar-refractivity contribution is 5.87. The maximum absolute atomic E-state index is 5.33. The molecule has 1 aliphatic rings. The monoisotopic (exact) mass is 342 g/mol. The first kappa shape index (κ1) is 15.7. The molecule has 3 aromatic heterocycles. The van der Waals surface area contributed by atoms with Crippen LogP contribution in [-0.4, -0.2) is 49.5 Å². The van der Waals surface area contributed by atoms with Crippen LogP contribution in [0, 0.1) is 5.92 Å². The van der Waals surface area contributed by atoms with E-state index >= 15 is 0 Å². The van der Waals surface area contributed by atoms with Gasteiger partial charge in [-0.15, -0.1) is 5.10 Å². The lowest BCUT2D eigenvalue weighted by atomic mass is 10.2. The predicted molar refractivity (Wildman–Crippen MR) is 95.3 cm³/mol. The van der Waals surface area contributed by atoms with E-state index in [2.05, 4.69) is 27.2 Å². The molecule has 0 bridgehead atoms. The molecule has 1 aliphatic heterocycles. The molecule has 0 saturated carbocycles. The van der Waals surface area contributed by atoms with Gasteiger partial charge < -0.3 is 19.5 Å². The summed E-state index contributed by atoms with van der Waals surface area (Å²) in [6.45, 7) is 4.20. The number of aromatic nitrogens is 6. The number of aryl methyl sites for hydroxylation is 2. The third-order valence-corrected chi connectivity index (χ3v) is 4.50. The van der Waals surface area contributed by atoms with Crippen molar-refractivity contribution in [2.45, 2.75) is 13.3 Å². The summed E-state index contributed by atoms with van der Waals surface area (Å²) in [5.74, 6) is 2.56. The highest BCUT2D eigenvalue weighted by Gasteiger charge is 2.23. The Hall–Kier alpha value is -2.84. The molecule has 0 amide bonds. The van der Waals surface area contributed by atoms with Gasteiger partial charge in [0.05, 0.1) is 19.6 Å². The molecular formula is C16H22N8O. The van der Waals surface area contributed by atoms with Crippen LogP contribution in [0.25, 0.3) is 11.2 Å². The van der Waals surface area contributed by atoms with Gasteiger partial charge in [-0.1, -0.05) is 6.92 Å². The van der Waals surface area contributed by atoms with Gasteiger partial charge in [-0.3, -0.25) is 4.68 Å². The Balaban J connectivity index is 1.78. The smallest absolute Gasteiger partial charge is 0.256 e. The third-order valence-electron chi connectivity index (χ3n) is 4.50. The Labute approximate surface area is 145 Å². The van der Waals surface area contributed by atoms with Gasteiger partial charge >= 0.3 is 0 Å². The second kappa shape index (κ2) is 5.91. The van der Waals surface area contributed by atoms with E-state index in [0.717, 1.165) is 42.3 Å². The number of methoxy groups -OCH3 is 1. The van der Waals surface area contributed by atoms with Gasteiger partial charge in [0.2, 0.25) is 5.95 Å². The second-order valence-electron chi connectivity index (χ2n) is 6.59. The average molecular weight is 342 g/mol. The normalized spacial score (nSPS) is 17.4. The maximum atomic E-state index is 5.33. The van der Waals surface area contributed by atoms with Crippen molar-refractivity contribution < 1.29 is 4.74 Å². The molecule has 9 heteroatoms. The van der Waals surface area contributed by atoms with Crippen LogP contribution < -0.4 is 15.0 Å². The molecule has 9 nitrogen and oxygen atoms in total. The number of ether oxygens (including phenoxy) is 1. The second-order valence-corrected chi connectivity index (χ2v) is 6.59. The number of hydrogen-bond donors (Lipinski definition) is 1. The fraction of sp³-hybridized carbons (Fsp3) is 0.500. The van der Waals surface area contributed by atoms with E-state index in [1.54, 1.807) is 18.1 Å². The minimum Gasteiger partial charge on any atom is -0.478 e. The predicted octanol–water partition coefficient (Wildman–Crippen LogP) is 1.70. The molecule has 1 unspecified atom stereocenters. The summed E-state index contributed by atoms with van der Waals surface area (Å²) in [5.41, 5.74) is 2.27. The number of fused-ring (bicyclic) bond motifs is 1. The number of imidazole rings is 1. The van der Waals surface area contributed by atoms with E-state index in [-0.39, 0.29) is 0 Å². The van der Waals surface area contributed by atoms with Crippen LogP contribution in [0.4, 0.5) is 17.5 Å². The zero-order chi connectivity index (χ0) is 17.6. The first-order chi connectivity index (χ1) is 12.0. The fourth-order valence-corrected chi connectivity index (χ4v) is 3.17. The molecule has 3 aromatic rings. The Bertz CT molecular complexity index is 914. The van der Waals surface area contributed by atoms with Gasteiger partial charge in [0.25, 0.3) is 5.88 Å². The zero-order valence-corrected chi connectivity index (χ0v) is 14.9. The summed E-state index contributed by atoms with van der Waals surface area (Å²) in [6, 6.07) is 0. The summed E-state index contributed by atoms with van der Waals surface area (Å²) in [5, 5.41) is 7.59. The van der Waals surface area contributed by atoms with Gasteiger partial charge in [0, 0.05) is 27.2 Å². The van der Waals surface area contributed by atoms with Crippen molar-refractivity contribution in [3.63, 3.8) is 0 Å². The van der Waals surface area contributed by atoms with Crippen molar-refractivity contribution in [2.75, 3.05) is 30.4 Å². The lowest BCUT2D eigenvalue weighted by Crippen LogP contribution is -2.22. The molecule has 132 valence electrons. The van der Waals surface area contributed by atoms with E-state index in [1.165, 1.54) is 0 Å². The Kier molecular flexibility index (Phi) is 3.70. The maximum Gasteiger partial charge on any atom is 0.256 e. The summed E-state index contributed by atoms with van der Waals surface area (Å²) >= 11 is 0. The third kappa shape index (κ3) is 2.75. The number of anilines is 3. The number of rotatable bonds is 4. The molecule has 0 radical (unpaired) electrons. The van der Waals surface area contributed by atoms with Crippen LogP contribution in [0.5, 0.6) is 5.88 Å². The van der Waals surface area contributed by atoms with Crippen molar-refractivity contribution in [2.24, 2.45) is 20.0 Å². The standard InChI is InChI=1S/C16H22N8O/c1-10-5-6-24(7-10)16-19-13(12-14(20-16)22(2)9-17-12)18-11-8-23(3)21-15(11)25-4/h8-10H,5-7H2,1-4H3,(H,18,19,20). The molecule has 1 fully saturated rings.